The van der Waals surface area contributed by atoms with Gasteiger partial charge in [0.2, 0.25) is 10.0 Å². The lowest BCUT2D eigenvalue weighted by Crippen LogP contribution is -2.16. The zero-order valence-electron chi connectivity index (χ0n) is 24.7. The molecule has 0 aliphatic rings. The standard InChI is InChI=1S/C33H32F2N2O6S/c1-5-44(40,41)36-23-9-11-29(42-30-10-8-22(34)15-28(30)35)25(16-23)27-18-37(4)33(39)26-17-31(43-32(26)27)21-13-19(2)24(7-6-12-38)20(3)14-21/h8-11,13-18,36,38H,5-7,12H2,1-4H3. The maximum atomic E-state index is 14.6. The van der Waals surface area contributed by atoms with Gasteiger partial charge < -0.3 is 18.8 Å². The van der Waals surface area contributed by atoms with E-state index in [4.69, 9.17) is 9.15 Å². The molecule has 0 atom stereocenters. The second-order valence-electron chi connectivity index (χ2n) is 10.6. The Bertz CT molecular complexity index is 2030. The van der Waals surface area contributed by atoms with Crippen molar-refractivity contribution in [2.24, 2.45) is 7.05 Å². The number of sulfonamides is 1. The van der Waals surface area contributed by atoms with E-state index in [0.29, 0.717) is 29.4 Å². The first-order chi connectivity index (χ1) is 20.9. The number of rotatable bonds is 10. The van der Waals surface area contributed by atoms with E-state index < -0.39 is 21.7 Å². The Labute approximate surface area is 253 Å². The zero-order valence-corrected chi connectivity index (χ0v) is 25.5. The van der Waals surface area contributed by atoms with Gasteiger partial charge in [0, 0.05) is 48.3 Å². The summed E-state index contributed by atoms with van der Waals surface area (Å²) in [6.07, 6.45) is 2.91. The summed E-state index contributed by atoms with van der Waals surface area (Å²) in [4.78, 5) is 13.3. The molecule has 0 saturated carbocycles. The number of aliphatic hydroxyl groups is 1. The molecule has 8 nitrogen and oxygen atoms in total. The number of hydrogen-bond acceptors (Lipinski definition) is 6. The van der Waals surface area contributed by atoms with Gasteiger partial charge in [0.15, 0.2) is 11.6 Å². The second-order valence-corrected chi connectivity index (χ2v) is 12.6. The molecule has 11 heteroatoms. The fourth-order valence-electron chi connectivity index (χ4n) is 5.19. The molecule has 0 amide bonds. The Morgan fingerprint density at radius 2 is 1.68 bits per heavy atom. The summed E-state index contributed by atoms with van der Waals surface area (Å²) in [5.74, 6) is -1.54. The highest BCUT2D eigenvalue weighted by atomic mass is 32.2. The summed E-state index contributed by atoms with van der Waals surface area (Å²) < 4.78 is 69.0. The van der Waals surface area contributed by atoms with Gasteiger partial charge in [-0.15, -0.1) is 0 Å². The van der Waals surface area contributed by atoms with Gasteiger partial charge in [-0.05, 0) is 98.8 Å². The predicted molar refractivity (Wildman–Crippen MR) is 167 cm³/mol. The number of anilines is 1. The summed E-state index contributed by atoms with van der Waals surface area (Å²) in [5, 5.41) is 9.56. The molecule has 0 aliphatic heterocycles. The molecule has 2 aromatic heterocycles. The number of aryl methyl sites for hydroxylation is 3. The number of ether oxygens (including phenoxy) is 1. The van der Waals surface area contributed by atoms with Crippen molar-refractivity contribution < 1.29 is 31.5 Å². The first-order valence-corrected chi connectivity index (χ1v) is 15.7. The molecule has 44 heavy (non-hydrogen) atoms. The smallest absolute Gasteiger partial charge is 0.261 e. The highest BCUT2D eigenvalue weighted by molar-refractivity contribution is 7.92. The molecule has 0 radical (unpaired) electrons. The van der Waals surface area contributed by atoms with Crippen LogP contribution >= 0.6 is 0 Å². The van der Waals surface area contributed by atoms with Gasteiger partial charge in [-0.25, -0.2) is 17.2 Å². The van der Waals surface area contributed by atoms with Crippen LogP contribution in [0.2, 0.25) is 0 Å². The van der Waals surface area contributed by atoms with Gasteiger partial charge in [0.1, 0.15) is 22.9 Å². The highest BCUT2D eigenvalue weighted by Gasteiger charge is 2.21. The minimum atomic E-state index is -3.65. The maximum absolute atomic E-state index is 14.6. The first-order valence-electron chi connectivity index (χ1n) is 14.0. The van der Waals surface area contributed by atoms with Gasteiger partial charge in [0.05, 0.1) is 11.1 Å². The van der Waals surface area contributed by atoms with Crippen LogP contribution < -0.4 is 15.0 Å². The van der Waals surface area contributed by atoms with Crippen molar-refractivity contribution in [1.82, 2.24) is 4.57 Å². The van der Waals surface area contributed by atoms with Crippen molar-refractivity contribution in [2.45, 2.75) is 33.6 Å². The average Bonchev–Trinajstić information content (AvgIpc) is 3.42. The Kier molecular flexibility index (Phi) is 8.62. The lowest BCUT2D eigenvalue weighted by molar-refractivity contribution is 0.288. The molecular formula is C33H32F2N2O6S. The van der Waals surface area contributed by atoms with E-state index in [1.807, 2.05) is 26.0 Å². The summed E-state index contributed by atoms with van der Waals surface area (Å²) in [7, 11) is -2.07. The Balaban J connectivity index is 1.71. The van der Waals surface area contributed by atoms with Crippen LogP contribution in [0.25, 0.3) is 33.4 Å². The van der Waals surface area contributed by atoms with Crippen molar-refractivity contribution >= 4 is 26.7 Å². The van der Waals surface area contributed by atoms with Gasteiger partial charge >= 0.3 is 0 Å². The van der Waals surface area contributed by atoms with E-state index >= 15 is 0 Å². The zero-order chi connectivity index (χ0) is 31.8. The molecule has 3 aromatic carbocycles. The molecule has 0 aliphatic carbocycles. The van der Waals surface area contributed by atoms with Gasteiger partial charge in [-0.3, -0.25) is 9.52 Å². The van der Waals surface area contributed by atoms with Crippen LogP contribution in [0.5, 0.6) is 11.5 Å². The van der Waals surface area contributed by atoms with Crippen molar-refractivity contribution in [1.29, 1.82) is 0 Å². The SMILES string of the molecule is CCS(=O)(=O)Nc1ccc(Oc2ccc(F)cc2F)c(-c2cn(C)c(=O)c3cc(-c4cc(C)c(CCCO)c(C)c4)oc23)c1. The number of furan rings is 1. The number of halogens is 2. The number of nitrogens with zero attached hydrogens (tertiary/aromatic N) is 1. The lowest BCUT2D eigenvalue weighted by atomic mass is 9.95. The van der Waals surface area contributed by atoms with Gasteiger partial charge in [-0.1, -0.05) is 0 Å². The molecule has 0 unspecified atom stereocenters. The number of aliphatic hydroxyl groups excluding tert-OH is 1. The molecule has 2 N–H and O–H groups in total. The topological polar surface area (TPSA) is 111 Å². The summed E-state index contributed by atoms with van der Waals surface area (Å²) in [6, 6.07) is 12.9. The van der Waals surface area contributed by atoms with Crippen LogP contribution in [-0.4, -0.2) is 30.5 Å². The van der Waals surface area contributed by atoms with Crippen molar-refractivity contribution in [3.8, 4) is 33.9 Å². The molecule has 0 spiro atoms. The molecule has 2 heterocycles. The van der Waals surface area contributed by atoms with Crippen LogP contribution in [-0.2, 0) is 23.5 Å². The number of benzene rings is 3. The molecule has 0 bridgehead atoms. The molecule has 0 saturated heterocycles. The summed E-state index contributed by atoms with van der Waals surface area (Å²) in [6.45, 7) is 5.56. The Morgan fingerprint density at radius 1 is 0.977 bits per heavy atom. The quantitative estimate of drug-likeness (QED) is 0.177. The molecule has 0 fully saturated rings. The fourth-order valence-corrected chi connectivity index (χ4v) is 5.82. The van der Waals surface area contributed by atoms with Crippen LogP contribution in [0.4, 0.5) is 14.5 Å². The maximum Gasteiger partial charge on any atom is 0.261 e. The molecule has 5 aromatic rings. The second kappa shape index (κ2) is 12.3. The monoisotopic (exact) mass is 622 g/mol. The number of hydrogen-bond donors (Lipinski definition) is 2. The normalized spacial score (nSPS) is 11.7. The largest absolute Gasteiger partial charge is 0.455 e. The van der Waals surface area contributed by atoms with E-state index in [9.17, 15) is 27.1 Å². The predicted octanol–water partition coefficient (Wildman–Crippen LogP) is 6.84. The molecular weight excluding hydrogens is 590 g/mol. The number of aromatic nitrogens is 1. The van der Waals surface area contributed by atoms with Gasteiger partial charge in [-0.2, -0.15) is 0 Å². The van der Waals surface area contributed by atoms with Crippen molar-refractivity contribution in [2.75, 3.05) is 17.1 Å². The molecule has 5 rings (SSSR count). The van der Waals surface area contributed by atoms with E-state index in [1.54, 1.807) is 13.1 Å². The minimum absolute atomic E-state index is 0.0941. The molecule has 230 valence electrons. The van der Waals surface area contributed by atoms with Crippen LogP contribution in [0, 0.1) is 25.5 Å². The average molecular weight is 623 g/mol. The Morgan fingerprint density at radius 3 is 2.34 bits per heavy atom. The third kappa shape index (κ3) is 6.24. The highest BCUT2D eigenvalue weighted by Crippen LogP contribution is 2.41. The minimum Gasteiger partial charge on any atom is -0.455 e. The van der Waals surface area contributed by atoms with E-state index in [-0.39, 0.29) is 46.1 Å². The summed E-state index contributed by atoms with van der Waals surface area (Å²) in [5.41, 5.74) is 4.75. The van der Waals surface area contributed by atoms with Crippen LogP contribution in [0.15, 0.2) is 70.0 Å². The van der Waals surface area contributed by atoms with Gasteiger partial charge in [0.25, 0.3) is 5.56 Å². The van der Waals surface area contributed by atoms with Crippen LogP contribution in [0.1, 0.15) is 30.0 Å². The third-order valence-corrected chi connectivity index (χ3v) is 8.76. The number of fused-ring (bicyclic) bond motifs is 1. The van der Waals surface area contributed by atoms with E-state index in [2.05, 4.69) is 4.72 Å². The fraction of sp³-hybridized carbons (Fsp3) is 0.242. The third-order valence-electron chi connectivity index (χ3n) is 7.45. The van der Waals surface area contributed by atoms with E-state index in [0.717, 1.165) is 40.8 Å². The number of pyridine rings is 1. The lowest BCUT2D eigenvalue weighted by Gasteiger charge is -2.15. The van der Waals surface area contributed by atoms with Crippen LogP contribution in [0.3, 0.4) is 0 Å². The summed E-state index contributed by atoms with van der Waals surface area (Å²) >= 11 is 0. The van der Waals surface area contributed by atoms with E-state index in [1.165, 1.54) is 35.9 Å². The first kappa shape index (κ1) is 31.0. The Hall–Kier alpha value is -4.48. The van der Waals surface area contributed by atoms with Crippen molar-refractivity contribution in [3.63, 3.8) is 0 Å². The number of nitrogens with one attached hydrogen (secondary N) is 1. The van der Waals surface area contributed by atoms with Crippen molar-refractivity contribution in [3.05, 3.63) is 99.5 Å².